The molecule has 0 radical (unpaired) electrons. The summed E-state index contributed by atoms with van der Waals surface area (Å²) in [5.41, 5.74) is 1.58. The predicted molar refractivity (Wildman–Crippen MR) is 60.3 cm³/mol. The third-order valence-electron chi connectivity index (χ3n) is 2.39. The molecule has 0 aromatic carbocycles. The standard InChI is InChI=1S/C11H12N2OS/c1-13-8-12-10(7-14)11(13)5-4-9-3-2-6-15-9/h2-3,6-8H,4-5H2,1H3. The van der Waals surface area contributed by atoms with Gasteiger partial charge in [0.2, 0.25) is 0 Å². The SMILES string of the molecule is Cn1cnc(C=O)c1CCc1cccs1. The molecule has 2 aromatic heterocycles. The summed E-state index contributed by atoms with van der Waals surface area (Å²) < 4.78 is 1.91. The fraction of sp³-hybridized carbons (Fsp3) is 0.273. The molecule has 0 aliphatic heterocycles. The molecule has 4 heteroatoms. The van der Waals surface area contributed by atoms with Crippen LogP contribution in [0.25, 0.3) is 0 Å². The van der Waals surface area contributed by atoms with E-state index < -0.39 is 0 Å². The summed E-state index contributed by atoms with van der Waals surface area (Å²) in [5.74, 6) is 0. The van der Waals surface area contributed by atoms with Crippen molar-refractivity contribution in [2.24, 2.45) is 7.05 Å². The summed E-state index contributed by atoms with van der Waals surface area (Å²) in [6, 6.07) is 4.16. The lowest BCUT2D eigenvalue weighted by atomic mass is 10.2. The van der Waals surface area contributed by atoms with Gasteiger partial charge in [0.25, 0.3) is 0 Å². The van der Waals surface area contributed by atoms with Gasteiger partial charge in [0, 0.05) is 17.6 Å². The van der Waals surface area contributed by atoms with Crippen molar-refractivity contribution in [1.29, 1.82) is 0 Å². The van der Waals surface area contributed by atoms with E-state index in [2.05, 4.69) is 16.4 Å². The quantitative estimate of drug-likeness (QED) is 0.739. The molecule has 0 saturated carbocycles. The van der Waals surface area contributed by atoms with Crippen LogP contribution in [-0.4, -0.2) is 15.8 Å². The Hall–Kier alpha value is -1.42. The third kappa shape index (κ3) is 2.15. The summed E-state index contributed by atoms with van der Waals surface area (Å²) in [6.45, 7) is 0. The Morgan fingerprint density at radius 3 is 3.07 bits per heavy atom. The lowest BCUT2D eigenvalue weighted by molar-refractivity contribution is 0.111. The molecule has 0 bridgehead atoms. The van der Waals surface area contributed by atoms with Crippen molar-refractivity contribution in [3.8, 4) is 0 Å². The Kier molecular flexibility index (Phi) is 2.97. The minimum Gasteiger partial charge on any atom is -0.337 e. The summed E-state index contributed by atoms with van der Waals surface area (Å²) >= 11 is 1.75. The van der Waals surface area contributed by atoms with Gasteiger partial charge in [0.05, 0.1) is 6.33 Å². The van der Waals surface area contributed by atoms with Crippen LogP contribution in [0, 0.1) is 0 Å². The molecule has 0 N–H and O–H groups in total. The van der Waals surface area contributed by atoms with Crippen molar-refractivity contribution in [2.45, 2.75) is 12.8 Å². The molecule has 0 spiro atoms. The van der Waals surface area contributed by atoms with Crippen LogP contribution in [0.5, 0.6) is 0 Å². The highest BCUT2D eigenvalue weighted by Crippen LogP contribution is 2.13. The average Bonchev–Trinajstić information content (AvgIpc) is 2.84. The van der Waals surface area contributed by atoms with E-state index in [1.807, 2.05) is 17.7 Å². The van der Waals surface area contributed by atoms with Crippen LogP contribution < -0.4 is 0 Å². The van der Waals surface area contributed by atoms with Crippen molar-refractivity contribution < 1.29 is 4.79 Å². The molecule has 78 valence electrons. The molecule has 0 unspecified atom stereocenters. The molecule has 15 heavy (non-hydrogen) atoms. The van der Waals surface area contributed by atoms with Crippen LogP contribution in [0.15, 0.2) is 23.8 Å². The number of imidazole rings is 1. The summed E-state index contributed by atoms with van der Waals surface area (Å²) in [7, 11) is 1.92. The van der Waals surface area contributed by atoms with Crippen LogP contribution in [0.1, 0.15) is 21.1 Å². The van der Waals surface area contributed by atoms with Crippen LogP contribution in [-0.2, 0) is 19.9 Å². The highest BCUT2D eigenvalue weighted by molar-refractivity contribution is 7.09. The van der Waals surface area contributed by atoms with Gasteiger partial charge < -0.3 is 4.57 Å². The van der Waals surface area contributed by atoms with Gasteiger partial charge in [-0.2, -0.15) is 0 Å². The average molecular weight is 220 g/mol. The normalized spacial score (nSPS) is 10.5. The lowest BCUT2D eigenvalue weighted by Crippen LogP contribution is -2.00. The molecule has 0 atom stereocenters. The second-order valence-electron chi connectivity index (χ2n) is 3.38. The molecule has 0 fully saturated rings. The van der Waals surface area contributed by atoms with Gasteiger partial charge in [0.1, 0.15) is 5.69 Å². The first-order valence-corrected chi connectivity index (χ1v) is 5.67. The maximum absolute atomic E-state index is 10.7. The van der Waals surface area contributed by atoms with E-state index in [9.17, 15) is 4.79 Å². The van der Waals surface area contributed by atoms with Gasteiger partial charge in [-0.05, 0) is 24.3 Å². The van der Waals surface area contributed by atoms with Crippen molar-refractivity contribution in [3.05, 3.63) is 40.1 Å². The largest absolute Gasteiger partial charge is 0.337 e. The predicted octanol–water partition coefficient (Wildman–Crippen LogP) is 2.08. The highest BCUT2D eigenvalue weighted by Gasteiger charge is 2.07. The summed E-state index contributed by atoms with van der Waals surface area (Å²) in [6.07, 6.45) is 4.35. The molecule has 0 amide bonds. The topological polar surface area (TPSA) is 34.9 Å². The molecule has 2 aromatic rings. The number of hydrogen-bond donors (Lipinski definition) is 0. The fourth-order valence-corrected chi connectivity index (χ4v) is 2.28. The zero-order chi connectivity index (χ0) is 10.7. The maximum Gasteiger partial charge on any atom is 0.170 e. The van der Waals surface area contributed by atoms with E-state index in [1.165, 1.54) is 4.88 Å². The van der Waals surface area contributed by atoms with Gasteiger partial charge in [-0.1, -0.05) is 6.07 Å². The summed E-state index contributed by atoms with van der Waals surface area (Å²) in [5, 5.41) is 2.07. The monoisotopic (exact) mass is 220 g/mol. The summed E-state index contributed by atoms with van der Waals surface area (Å²) in [4.78, 5) is 16.1. The first-order valence-electron chi connectivity index (χ1n) is 4.79. The van der Waals surface area contributed by atoms with Gasteiger partial charge in [-0.3, -0.25) is 4.79 Å². The zero-order valence-electron chi connectivity index (χ0n) is 8.51. The number of aldehydes is 1. The van der Waals surface area contributed by atoms with Crippen molar-refractivity contribution in [1.82, 2.24) is 9.55 Å². The van der Waals surface area contributed by atoms with Gasteiger partial charge in [-0.25, -0.2) is 4.98 Å². The lowest BCUT2D eigenvalue weighted by Gasteiger charge is -2.01. The van der Waals surface area contributed by atoms with E-state index in [0.717, 1.165) is 24.8 Å². The van der Waals surface area contributed by atoms with Crippen LogP contribution in [0.3, 0.4) is 0 Å². The van der Waals surface area contributed by atoms with Crippen molar-refractivity contribution >= 4 is 17.6 Å². The van der Waals surface area contributed by atoms with E-state index in [-0.39, 0.29) is 0 Å². The Morgan fingerprint density at radius 2 is 2.40 bits per heavy atom. The van der Waals surface area contributed by atoms with E-state index in [0.29, 0.717) is 5.69 Å². The molecule has 0 saturated heterocycles. The first-order chi connectivity index (χ1) is 7.31. The number of carbonyl (C=O) groups is 1. The second-order valence-corrected chi connectivity index (χ2v) is 4.42. The first kappa shape index (κ1) is 10.1. The minimum atomic E-state index is 0.564. The van der Waals surface area contributed by atoms with Crippen LogP contribution >= 0.6 is 11.3 Å². The molecule has 0 aliphatic carbocycles. The Balaban J connectivity index is 2.10. The maximum atomic E-state index is 10.7. The molecular weight excluding hydrogens is 208 g/mol. The molecule has 0 aliphatic rings. The van der Waals surface area contributed by atoms with Gasteiger partial charge in [0.15, 0.2) is 6.29 Å². The van der Waals surface area contributed by atoms with E-state index >= 15 is 0 Å². The molecular formula is C11H12N2OS. The number of rotatable bonds is 4. The molecule has 3 nitrogen and oxygen atoms in total. The number of aryl methyl sites for hydroxylation is 2. The van der Waals surface area contributed by atoms with Gasteiger partial charge in [-0.15, -0.1) is 11.3 Å². The van der Waals surface area contributed by atoms with Crippen molar-refractivity contribution in [2.75, 3.05) is 0 Å². The van der Waals surface area contributed by atoms with E-state index in [1.54, 1.807) is 17.7 Å². The second kappa shape index (κ2) is 4.40. The van der Waals surface area contributed by atoms with E-state index in [4.69, 9.17) is 0 Å². The number of nitrogens with zero attached hydrogens (tertiary/aromatic N) is 2. The Morgan fingerprint density at radius 1 is 1.53 bits per heavy atom. The number of carbonyl (C=O) groups excluding carboxylic acids is 1. The zero-order valence-corrected chi connectivity index (χ0v) is 9.33. The van der Waals surface area contributed by atoms with Crippen LogP contribution in [0.2, 0.25) is 0 Å². The molecule has 2 heterocycles. The number of aromatic nitrogens is 2. The Labute approximate surface area is 92.4 Å². The Bertz CT molecular complexity index is 445. The number of hydrogen-bond acceptors (Lipinski definition) is 3. The van der Waals surface area contributed by atoms with Gasteiger partial charge >= 0.3 is 0 Å². The number of thiophene rings is 1. The van der Waals surface area contributed by atoms with Crippen molar-refractivity contribution in [3.63, 3.8) is 0 Å². The highest BCUT2D eigenvalue weighted by atomic mass is 32.1. The third-order valence-corrected chi connectivity index (χ3v) is 3.33. The smallest absolute Gasteiger partial charge is 0.170 e. The van der Waals surface area contributed by atoms with Crippen LogP contribution in [0.4, 0.5) is 0 Å². The fourth-order valence-electron chi connectivity index (χ4n) is 1.57. The molecule has 2 rings (SSSR count). The minimum absolute atomic E-state index is 0.564.